The molecule has 0 spiro atoms. The Hall–Kier alpha value is -1.84. The zero-order valence-electron chi connectivity index (χ0n) is 11.9. The van der Waals surface area contributed by atoms with E-state index >= 15 is 0 Å². The summed E-state index contributed by atoms with van der Waals surface area (Å²) in [5, 5.41) is 9.26. The van der Waals surface area contributed by atoms with Gasteiger partial charge in [0.25, 0.3) is 0 Å². The van der Waals surface area contributed by atoms with Crippen LogP contribution >= 0.6 is 0 Å². The summed E-state index contributed by atoms with van der Waals surface area (Å²) in [6.07, 6.45) is 3.51. The van der Waals surface area contributed by atoms with E-state index in [1.807, 2.05) is 6.07 Å². The van der Waals surface area contributed by atoms with Crippen LogP contribution in [0.4, 0.5) is 0 Å². The second kappa shape index (κ2) is 4.58. The molecule has 2 fully saturated rings. The van der Waals surface area contributed by atoms with Gasteiger partial charge in [0.15, 0.2) is 0 Å². The van der Waals surface area contributed by atoms with Gasteiger partial charge in [0, 0.05) is 12.5 Å². The van der Waals surface area contributed by atoms with E-state index in [4.69, 9.17) is 0 Å². The number of carboxylic acids is 1. The topological polar surface area (TPSA) is 57.6 Å². The summed E-state index contributed by atoms with van der Waals surface area (Å²) >= 11 is 0. The van der Waals surface area contributed by atoms with Crippen molar-refractivity contribution in [1.82, 2.24) is 4.90 Å². The van der Waals surface area contributed by atoms with Crippen LogP contribution < -0.4 is 0 Å². The molecule has 0 aromatic heterocycles. The van der Waals surface area contributed by atoms with E-state index in [0.29, 0.717) is 24.8 Å². The minimum atomic E-state index is -0.857. The lowest BCUT2D eigenvalue weighted by atomic mass is 9.92. The minimum absolute atomic E-state index is 0.0219. The van der Waals surface area contributed by atoms with Crippen molar-refractivity contribution in [2.45, 2.75) is 37.6 Å². The van der Waals surface area contributed by atoms with Crippen molar-refractivity contribution in [3.8, 4) is 0 Å². The van der Waals surface area contributed by atoms with Gasteiger partial charge < -0.3 is 10.0 Å². The van der Waals surface area contributed by atoms with Crippen LogP contribution in [0.5, 0.6) is 0 Å². The standard InChI is InChI=1S/C17H19NO3/c19-16(18-9-3-6-13(18)17(20)21)15-12-8-7-10-4-1-2-5-11(10)14(12)15/h1-2,4-5,12-15H,3,6-9H2,(H,20,21)/t12?,13-,14?,15?/m1/s1. The van der Waals surface area contributed by atoms with Crippen LogP contribution in [-0.4, -0.2) is 34.5 Å². The predicted molar refractivity (Wildman–Crippen MR) is 76.9 cm³/mol. The molecule has 1 aliphatic heterocycles. The maximum absolute atomic E-state index is 12.8. The van der Waals surface area contributed by atoms with Crippen molar-refractivity contribution >= 4 is 11.9 Å². The van der Waals surface area contributed by atoms with Gasteiger partial charge in [-0.2, -0.15) is 0 Å². The van der Waals surface area contributed by atoms with Crippen LogP contribution in [0.2, 0.25) is 0 Å². The molecule has 1 aromatic rings. The summed E-state index contributed by atoms with van der Waals surface area (Å²) in [6, 6.07) is 7.78. The highest BCUT2D eigenvalue weighted by molar-refractivity contribution is 5.89. The average molecular weight is 285 g/mol. The lowest BCUT2D eigenvalue weighted by molar-refractivity contribution is -0.148. The maximum Gasteiger partial charge on any atom is 0.326 e. The van der Waals surface area contributed by atoms with E-state index in [2.05, 4.69) is 18.2 Å². The zero-order chi connectivity index (χ0) is 14.6. The van der Waals surface area contributed by atoms with E-state index < -0.39 is 12.0 Å². The van der Waals surface area contributed by atoms with Crippen LogP contribution in [0.25, 0.3) is 0 Å². The SMILES string of the molecule is O=C(O)[C@H]1CCCN1C(=O)C1C2CCc3ccccc3C21. The molecule has 4 rings (SSSR count). The van der Waals surface area contributed by atoms with Crippen LogP contribution in [0.15, 0.2) is 24.3 Å². The number of benzene rings is 1. The number of hydrogen-bond acceptors (Lipinski definition) is 2. The van der Waals surface area contributed by atoms with Crippen molar-refractivity contribution in [3.63, 3.8) is 0 Å². The Morgan fingerprint density at radius 1 is 1.19 bits per heavy atom. The van der Waals surface area contributed by atoms with Crippen molar-refractivity contribution in [1.29, 1.82) is 0 Å². The molecule has 1 aromatic carbocycles. The molecule has 3 unspecified atom stereocenters. The Balaban J connectivity index is 1.57. The molecule has 1 amide bonds. The van der Waals surface area contributed by atoms with E-state index in [9.17, 15) is 14.7 Å². The molecule has 3 aliphatic rings. The average Bonchev–Trinajstić information content (AvgIpc) is 3.02. The molecule has 2 aliphatic carbocycles. The Labute approximate surface area is 123 Å². The molecule has 1 saturated heterocycles. The van der Waals surface area contributed by atoms with Gasteiger partial charge in [0.1, 0.15) is 6.04 Å². The van der Waals surface area contributed by atoms with Crippen LogP contribution in [-0.2, 0) is 16.0 Å². The first-order valence-corrected chi connectivity index (χ1v) is 7.79. The molecular formula is C17H19NO3. The number of carboxylic acid groups (broad SMARTS) is 1. The van der Waals surface area contributed by atoms with E-state index in [0.717, 1.165) is 19.3 Å². The number of aryl methyl sites for hydroxylation is 1. The summed E-state index contributed by atoms with van der Waals surface area (Å²) in [6.45, 7) is 0.605. The molecule has 0 radical (unpaired) electrons. The van der Waals surface area contributed by atoms with Gasteiger partial charge in [0.05, 0.1) is 0 Å². The Kier molecular flexibility index (Phi) is 2.81. The number of amides is 1. The molecule has 4 nitrogen and oxygen atoms in total. The molecule has 1 saturated carbocycles. The highest BCUT2D eigenvalue weighted by Gasteiger charge is 2.59. The Bertz CT molecular complexity index is 612. The van der Waals surface area contributed by atoms with Crippen molar-refractivity contribution in [2.24, 2.45) is 11.8 Å². The molecule has 110 valence electrons. The fourth-order valence-corrected chi connectivity index (χ4v) is 4.38. The van der Waals surface area contributed by atoms with Crippen molar-refractivity contribution < 1.29 is 14.7 Å². The summed E-state index contributed by atoms with van der Waals surface area (Å²) in [5.74, 6) is 0.00464. The normalized spacial score (nSPS) is 33.2. The van der Waals surface area contributed by atoms with Gasteiger partial charge >= 0.3 is 5.97 Å². The number of aliphatic carboxylic acids is 1. The monoisotopic (exact) mass is 285 g/mol. The van der Waals surface area contributed by atoms with Gasteiger partial charge in [-0.25, -0.2) is 4.79 Å². The molecule has 4 heteroatoms. The first kappa shape index (κ1) is 12.9. The lowest BCUT2D eigenvalue weighted by Gasteiger charge is -2.21. The summed E-state index contributed by atoms with van der Waals surface area (Å²) in [7, 11) is 0. The van der Waals surface area contributed by atoms with E-state index in [1.165, 1.54) is 11.1 Å². The quantitative estimate of drug-likeness (QED) is 0.904. The largest absolute Gasteiger partial charge is 0.480 e. The highest BCUT2D eigenvalue weighted by Crippen LogP contribution is 2.60. The van der Waals surface area contributed by atoms with Gasteiger partial charge in [-0.3, -0.25) is 4.79 Å². The predicted octanol–water partition coefficient (Wildman–Crippen LogP) is 2.04. The smallest absolute Gasteiger partial charge is 0.326 e. The number of carbonyl (C=O) groups is 2. The first-order valence-electron chi connectivity index (χ1n) is 7.79. The molecular weight excluding hydrogens is 266 g/mol. The fourth-order valence-electron chi connectivity index (χ4n) is 4.38. The van der Waals surface area contributed by atoms with Crippen molar-refractivity contribution in [3.05, 3.63) is 35.4 Å². The minimum Gasteiger partial charge on any atom is -0.480 e. The lowest BCUT2D eigenvalue weighted by Crippen LogP contribution is -2.41. The Morgan fingerprint density at radius 2 is 2.00 bits per heavy atom. The molecule has 0 bridgehead atoms. The number of likely N-dealkylation sites (tertiary alicyclic amines) is 1. The van der Waals surface area contributed by atoms with E-state index in [1.54, 1.807) is 4.90 Å². The third-order valence-corrected chi connectivity index (χ3v) is 5.44. The second-order valence-electron chi connectivity index (χ2n) is 6.48. The zero-order valence-corrected chi connectivity index (χ0v) is 11.9. The fraction of sp³-hybridized carbons (Fsp3) is 0.529. The third kappa shape index (κ3) is 1.88. The maximum atomic E-state index is 12.8. The summed E-state index contributed by atoms with van der Waals surface area (Å²) in [4.78, 5) is 25.7. The Morgan fingerprint density at radius 3 is 2.81 bits per heavy atom. The molecule has 4 atom stereocenters. The van der Waals surface area contributed by atoms with Crippen LogP contribution in [0.1, 0.15) is 36.3 Å². The highest BCUT2D eigenvalue weighted by atomic mass is 16.4. The van der Waals surface area contributed by atoms with Crippen molar-refractivity contribution in [2.75, 3.05) is 6.54 Å². The number of fused-ring (bicyclic) bond motifs is 3. The molecule has 21 heavy (non-hydrogen) atoms. The summed E-state index contributed by atoms with van der Waals surface area (Å²) < 4.78 is 0. The van der Waals surface area contributed by atoms with Gasteiger partial charge in [0.2, 0.25) is 5.91 Å². The first-order chi connectivity index (χ1) is 10.2. The molecule has 1 N–H and O–H groups in total. The summed E-state index contributed by atoms with van der Waals surface area (Å²) in [5.41, 5.74) is 2.68. The third-order valence-electron chi connectivity index (χ3n) is 5.44. The van der Waals surface area contributed by atoms with Gasteiger partial charge in [-0.1, -0.05) is 24.3 Å². The van der Waals surface area contributed by atoms with Gasteiger partial charge in [-0.05, 0) is 48.6 Å². The second-order valence-corrected chi connectivity index (χ2v) is 6.48. The number of rotatable bonds is 2. The number of nitrogens with zero attached hydrogens (tertiary/aromatic N) is 1. The number of hydrogen-bond donors (Lipinski definition) is 1. The van der Waals surface area contributed by atoms with Gasteiger partial charge in [-0.15, -0.1) is 0 Å². The van der Waals surface area contributed by atoms with E-state index in [-0.39, 0.29) is 11.8 Å². The van der Waals surface area contributed by atoms with Crippen LogP contribution in [0.3, 0.4) is 0 Å². The van der Waals surface area contributed by atoms with Crippen LogP contribution in [0, 0.1) is 11.8 Å². The molecule has 1 heterocycles. The number of carbonyl (C=O) groups excluding carboxylic acids is 1.